The maximum Gasteiger partial charge on any atom is 0.0630 e. The first-order valence-electron chi connectivity index (χ1n) is 5.89. The Labute approximate surface area is 107 Å². The Bertz CT molecular complexity index is 463. The molecule has 0 amide bonds. The van der Waals surface area contributed by atoms with E-state index >= 15 is 0 Å². The van der Waals surface area contributed by atoms with Gasteiger partial charge >= 0.3 is 0 Å². The van der Waals surface area contributed by atoms with Crippen molar-refractivity contribution in [3.8, 4) is 0 Å². The molecule has 0 aliphatic rings. The van der Waals surface area contributed by atoms with E-state index in [0.717, 1.165) is 5.69 Å². The Kier molecular flexibility index (Phi) is 3.79. The fraction of sp³-hybridized carbons (Fsp3) is 0.357. The van der Waals surface area contributed by atoms with Gasteiger partial charge in [0.1, 0.15) is 0 Å². The number of aromatic nitrogens is 1. The van der Waals surface area contributed by atoms with Gasteiger partial charge in [-0.1, -0.05) is 19.9 Å². The zero-order chi connectivity index (χ0) is 12.3. The van der Waals surface area contributed by atoms with Gasteiger partial charge in [0.05, 0.1) is 17.9 Å². The summed E-state index contributed by atoms with van der Waals surface area (Å²) < 4.78 is 0. The first-order valence-corrected chi connectivity index (χ1v) is 6.77. The molecule has 0 bridgehead atoms. The summed E-state index contributed by atoms with van der Waals surface area (Å²) in [6.45, 7) is 6.59. The molecule has 1 unspecified atom stereocenters. The number of rotatable bonds is 4. The molecule has 3 heteroatoms. The van der Waals surface area contributed by atoms with Crippen LogP contribution in [0.25, 0.3) is 0 Å². The predicted octanol–water partition coefficient (Wildman–Crippen LogP) is 4.26. The summed E-state index contributed by atoms with van der Waals surface area (Å²) in [5, 5.41) is 5.72. The van der Waals surface area contributed by atoms with Gasteiger partial charge in [-0.2, -0.15) is 0 Å². The zero-order valence-corrected chi connectivity index (χ0v) is 11.3. The molecule has 0 spiro atoms. The molecule has 0 radical (unpaired) electrons. The average molecular weight is 246 g/mol. The molecule has 0 aliphatic heterocycles. The van der Waals surface area contributed by atoms with Crippen LogP contribution < -0.4 is 5.32 Å². The van der Waals surface area contributed by atoms with Crippen molar-refractivity contribution in [3.05, 3.63) is 46.4 Å². The molecule has 2 aromatic rings. The Balaban J connectivity index is 2.23. The van der Waals surface area contributed by atoms with E-state index in [-0.39, 0.29) is 0 Å². The molecule has 0 fully saturated rings. The van der Waals surface area contributed by atoms with Crippen LogP contribution >= 0.6 is 11.3 Å². The van der Waals surface area contributed by atoms with Crippen LogP contribution in [0.2, 0.25) is 0 Å². The quantitative estimate of drug-likeness (QED) is 0.872. The van der Waals surface area contributed by atoms with Crippen molar-refractivity contribution in [1.82, 2.24) is 4.98 Å². The topological polar surface area (TPSA) is 24.9 Å². The smallest absolute Gasteiger partial charge is 0.0630 e. The molecule has 90 valence electrons. The van der Waals surface area contributed by atoms with Crippen LogP contribution in [0, 0.1) is 12.8 Å². The number of aryl methyl sites for hydroxylation is 1. The molecule has 0 saturated carbocycles. The van der Waals surface area contributed by atoms with E-state index in [1.807, 2.05) is 18.5 Å². The Morgan fingerprint density at radius 1 is 1.29 bits per heavy atom. The largest absolute Gasteiger partial charge is 0.376 e. The van der Waals surface area contributed by atoms with Gasteiger partial charge in [0.15, 0.2) is 0 Å². The number of anilines is 1. The van der Waals surface area contributed by atoms with E-state index in [2.05, 4.69) is 48.6 Å². The van der Waals surface area contributed by atoms with Crippen LogP contribution in [0.3, 0.4) is 0 Å². The highest BCUT2D eigenvalue weighted by molar-refractivity contribution is 7.10. The monoisotopic (exact) mass is 246 g/mol. The molecule has 2 nitrogen and oxygen atoms in total. The Morgan fingerprint density at radius 2 is 2.12 bits per heavy atom. The third-order valence-electron chi connectivity index (χ3n) is 2.87. The van der Waals surface area contributed by atoms with E-state index in [0.29, 0.717) is 12.0 Å². The van der Waals surface area contributed by atoms with Gasteiger partial charge in [0.25, 0.3) is 0 Å². The van der Waals surface area contributed by atoms with Crippen molar-refractivity contribution in [2.24, 2.45) is 5.92 Å². The van der Waals surface area contributed by atoms with Crippen molar-refractivity contribution in [3.63, 3.8) is 0 Å². The highest BCUT2D eigenvalue weighted by Crippen LogP contribution is 2.30. The second-order valence-electron chi connectivity index (χ2n) is 4.57. The lowest BCUT2D eigenvalue weighted by Gasteiger charge is -2.23. The third kappa shape index (κ3) is 2.86. The Morgan fingerprint density at radius 3 is 2.71 bits per heavy atom. The van der Waals surface area contributed by atoms with Crippen LogP contribution in [0.15, 0.2) is 36.0 Å². The maximum atomic E-state index is 4.18. The molecular weight excluding hydrogens is 228 g/mol. The number of pyridine rings is 1. The molecule has 17 heavy (non-hydrogen) atoms. The van der Waals surface area contributed by atoms with Crippen molar-refractivity contribution >= 4 is 17.0 Å². The predicted molar refractivity (Wildman–Crippen MR) is 74.5 cm³/mol. The number of hydrogen-bond acceptors (Lipinski definition) is 3. The summed E-state index contributed by atoms with van der Waals surface area (Å²) in [4.78, 5) is 5.56. The van der Waals surface area contributed by atoms with Crippen molar-refractivity contribution in [1.29, 1.82) is 0 Å². The average Bonchev–Trinajstić information content (AvgIpc) is 2.81. The molecule has 2 heterocycles. The second kappa shape index (κ2) is 5.32. The van der Waals surface area contributed by atoms with E-state index in [9.17, 15) is 0 Å². The van der Waals surface area contributed by atoms with Crippen LogP contribution in [-0.4, -0.2) is 4.98 Å². The van der Waals surface area contributed by atoms with E-state index < -0.39 is 0 Å². The number of hydrogen-bond donors (Lipinski definition) is 1. The first kappa shape index (κ1) is 12.1. The number of nitrogens with zero attached hydrogens (tertiary/aromatic N) is 1. The number of thiophene rings is 1. The fourth-order valence-corrected chi connectivity index (χ4v) is 2.77. The van der Waals surface area contributed by atoms with Crippen molar-refractivity contribution in [2.75, 3.05) is 5.32 Å². The molecule has 0 saturated heterocycles. The van der Waals surface area contributed by atoms with Gasteiger partial charge in [0, 0.05) is 11.1 Å². The zero-order valence-electron chi connectivity index (χ0n) is 10.5. The standard InChI is InChI=1S/C14H18N2S/c1-10(2)14(13-5-4-8-17-13)16-12-9-15-7-6-11(12)3/h4-10,14,16H,1-3H3. The highest BCUT2D eigenvalue weighted by Gasteiger charge is 2.17. The molecular formula is C14H18N2S. The summed E-state index contributed by atoms with van der Waals surface area (Å²) in [5.74, 6) is 0.549. The second-order valence-corrected chi connectivity index (χ2v) is 5.55. The third-order valence-corrected chi connectivity index (χ3v) is 3.82. The summed E-state index contributed by atoms with van der Waals surface area (Å²) in [7, 11) is 0. The summed E-state index contributed by atoms with van der Waals surface area (Å²) in [5.41, 5.74) is 2.36. The van der Waals surface area contributed by atoms with Gasteiger partial charge in [-0.15, -0.1) is 11.3 Å². The van der Waals surface area contributed by atoms with Crippen LogP contribution in [0.4, 0.5) is 5.69 Å². The van der Waals surface area contributed by atoms with Crippen LogP contribution in [0.1, 0.15) is 30.3 Å². The van der Waals surface area contributed by atoms with Crippen LogP contribution in [0.5, 0.6) is 0 Å². The fourth-order valence-electron chi connectivity index (χ4n) is 1.82. The van der Waals surface area contributed by atoms with E-state index in [4.69, 9.17) is 0 Å². The lowest BCUT2D eigenvalue weighted by Crippen LogP contribution is -2.16. The van der Waals surface area contributed by atoms with Gasteiger partial charge in [-0.3, -0.25) is 4.98 Å². The highest BCUT2D eigenvalue weighted by atomic mass is 32.1. The van der Waals surface area contributed by atoms with Gasteiger partial charge < -0.3 is 5.32 Å². The molecule has 1 N–H and O–H groups in total. The minimum absolute atomic E-state index is 0.359. The van der Waals surface area contributed by atoms with Gasteiger partial charge in [-0.05, 0) is 35.9 Å². The van der Waals surface area contributed by atoms with Gasteiger partial charge in [0.2, 0.25) is 0 Å². The summed E-state index contributed by atoms with van der Waals surface area (Å²) in [6, 6.07) is 6.69. The number of nitrogens with one attached hydrogen (secondary N) is 1. The first-order chi connectivity index (χ1) is 8.18. The lowest BCUT2D eigenvalue weighted by atomic mass is 10.0. The molecule has 1 atom stereocenters. The lowest BCUT2D eigenvalue weighted by molar-refractivity contribution is 0.553. The van der Waals surface area contributed by atoms with Crippen molar-refractivity contribution < 1.29 is 0 Å². The molecule has 2 rings (SSSR count). The summed E-state index contributed by atoms with van der Waals surface area (Å²) in [6.07, 6.45) is 3.73. The summed E-state index contributed by atoms with van der Waals surface area (Å²) >= 11 is 1.80. The Hall–Kier alpha value is -1.35. The maximum absolute atomic E-state index is 4.18. The minimum Gasteiger partial charge on any atom is -0.376 e. The molecule has 2 aromatic heterocycles. The van der Waals surface area contributed by atoms with E-state index in [1.54, 1.807) is 11.3 Å². The molecule has 0 aliphatic carbocycles. The normalized spacial score (nSPS) is 12.7. The molecule has 0 aromatic carbocycles. The van der Waals surface area contributed by atoms with Gasteiger partial charge in [-0.25, -0.2) is 0 Å². The van der Waals surface area contributed by atoms with Crippen LogP contribution in [-0.2, 0) is 0 Å². The van der Waals surface area contributed by atoms with E-state index in [1.165, 1.54) is 10.4 Å². The van der Waals surface area contributed by atoms with Crippen molar-refractivity contribution in [2.45, 2.75) is 26.8 Å². The minimum atomic E-state index is 0.359. The SMILES string of the molecule is Cc1ccncc1NC(c1cccs1)C(C)C.